The quantitative estimate of drug-likeness (QED) is 0.884. The zero-order chi connectivity index (χ0) is 11.5. The van der Waals surface area contributed by atoms with Crippen LogP contribution in [0.25, 0.3) is 0 Å². The topological polar surface area (TPSA) is 40.7 Å². The van der Waals surface area contributed by atoms with Crippen molar-refractivity contribution in [3.8, 4) is 0 Å². The van der Waals surface area contributed by atoms with E-state index >= 15 is 0 Å². The van der Waals surface area contributed by atoms with Crippen molar-refractivity contribution in [2.75, 3.05) is 12.4 Å². The van der Waals surface area contributed by atoms with Crippen LogP contribution in [0.15, 0.2) is 24.4 Å². The van der Waals surface area contributed by atoms with Gasteiger partial charge in [-0.3, -0.25) is 0 Å². The van der Waals surface area contributed by atoms with E-state index in [1.54, 1.807) is 12.3 Å². The van der Waals surface area contributed by atoms with Gasteiger partial charge in [-0.05, 0) is 17.7 Å². The van der Waals surface area contributed by atoms with Gasteiger partial charge >= 0.3 is 0 Å². The second kappa shape index (κ2) is 4.76. The van der Waals surface area contributed by atoms with Gasteiger partial charge in [0.2, 0.25) is 0 Å². The summed E-state index contributed by atoms with van der Waals surface area (Å²) >= 11 is 11.9. The SMILES string of the molecule is CNc1ncc(Cc2ccc(Cl)cc2Cl)[nH]1. The number of nitrogens with zero attached hydrogens (tertiary/aromatic N) is 1. The zero-order valence-electron chi connectivity index (χ0n) is 8.72. The number of halogens is 2. The van der Waals surface area contributed by atoms with E-state index in [2.05, 4.69) is 15.3 Å². The molecule has 16 heavy (non-hydrogen) atoms. The smallest absolute Gasteiger partial charge is 0.200 e. The van der Waals surface area contributed by atoms with Gasteiger partial charge in [0, 0.05) is 29.2 Å². The van der Waals surface area contributed by atoms with Crippen molar-refractivity contribution in [3.63, 3.8) is 0 Å². The molecular weight excluding hydrogens is 245 g/mol. The number of anilines is 1. The molecule has 1 aromatic heterocycles. The third kappa shape index (κ3) is 2.49. The monoisotopic (exact) mass is 255 g/mol. The number of benzene rings is 1. The molecule has 0 radical (unpaired) electrons. The van der Waals surface area contributed by atoms with Gasteiger partial charge in [0.15, 0.2) is 5.95 Å². The number of rotatable bonds is 3. The van der Waals surface area contributed by atoms with Gasteiger partial charge in [-0.25, -0.2) is 4.98 Å². The summed E-state index contributed by atoms with van der Waals surface area (Å²) in [6.45, 7) is 0. The summed E-state index contributed by atoms with van der Waals surface area (Å²) in [6, 6.07) is 5.50. The van der Waals surface area contributed by atoms with Crippen LogP contribution in [0, 0.1) is 0 Å². The van der Waals surface area contributed by atoms with Crippen LogP contribution in [0.3, 0.4) is 0 Å². The number of imidazole rings is 1. The van der Waals surface area contributed by atoms with Crippen molar-refractivity contribution in [1.82, 2.24) is 9.97 Å². The predicted molar refractivity (Wildman–Crippen MR) is 67.4 cm³/mol. The highest BCUT2D eigenvalue weighted by molar-refractivity contribution is 6.35. The van der Waals surface area contributed by atoms with E-state index < -0.39 is 0 Å². The Hall–Kier alpha value is -1.19. The fourth-order valence-corrected chi connectivity index (χ4v) is 1.92. The summed E-state index contributed by atoms with van der Waals surface area (Å²) < 4.78 is 0. The van der Waals surface area contributed by atoms with Crippen molar-refractivity contribution >= 4 is 29.2 Å². The first-order valence-electron chi connectivity index (χ1n) is 4.84. The Kier molecular flexibility index (Phi) is 3.36. The van der Waals surface area contributed by atoms with Crippen molar-refractivity contribution < 1.29 is 0 Å². The third-order valence-electron chi connectivity index (χ3n) is 2.26. The third-order valence-corrected chi connectivity index (χ3v) is 2.85. The molecule has 0 aliphatic heterocycles. The summed E-state index contributed by atoms with van der Waals surface area (Å²) in [6.07, 6.45) is 2.50. The van der Waals surface area contributed by atoms with Crippen molar-refractivity contribution in [2.24, 2.45) is 0 Å². The van der Waals surface area contributed by atoms with Gasteiger partial charge in [0.1, 0.15) is 0 Å². The molecule has 0 saturated carbocycles. The van der Waals surface area contributed by atoms with Crippen LogP contribution < -0.4 is 5.32 Å². The maximum Gasteiger partial charge on any atom is 0.200 e. The van der Waals surface area contributed by atoms with E-state index in [-0.39, 0.29) is 0 Å². The lowest BCUT2D eigenvalue weighted by Gasteiger charge is -2.02. The maximum absolute atomic E-state index is 6.09. The number of H-pyrrole nitrogens is 1. The summed E-state index contributed by atoms with van der Waals surface area (Å²) in [5.74, 6) is 0.750. The first-order chi connectivity index (χ1) is 7.69. The van der Waals surface area contributed by atoms with Crippen LogP contribution in [0.2, 0.25) is 10.0 Å². The van der Waals surface area contributed by atoms with Gasteiger partial charge in [0.05, 0.1) is 6.20 Å². The number of aromatic nitrogens is 2. The Morgan fingerprint density at radius 2 is 2.19 bits per heavy atom. The number of hydrogen-bond donors (Lipinski definition) is 2. The minimum absolute atomic E-state index is 0.647. The molecule has 2 rings (SSSR count). The Morgan fingerprint density at radius 3 is 2.81 bits per heavy atom. The average Bonchev–Trinajstić information content (AvgIpc) is 2.70. The molecule has 0 bridgehead atoms. The molecule has 0 saturated heterocycles. The fourth-order valence-electron chi connectivity index (χ4n) is 1.45. The molecule has 1 aromatic carbocycles. The predicted octanol–water partition coefficient (Wildman–Crippen LogP) is 3.35. The highest BCUT2D eigenvalue weighted by atomic mass is 35.5. The molecule has 1 heterocycles. The molecule has 0 amide bonds. The van der Waals surface area contributed by atoms with E-state index in [1.165, 1.54) is 0 Å². The van der Waals surface area contributed by atoms with E-state index in [0.717, 1.165) is 17.2 Å². The minimum Gasteiger partial charge on any atom is -0.359 e. The number of nitrogens with one attached hydrogen (secondary N) is 2. The second-order valence-corrected chi connectivity index (χ2v) is 4.26. The Morgan fingerprint density at radius 1 is 1.38 bits per heavy atom. The van der Waals surface area contributed by atoms with Crippen LogP contribution in [-0.2, 0) is 6.42 Å². The zero-order valence-corrected chi connectivity index (χ0v) is 10.2. The molecule has 0 aliphatic carbocycles. The van der Waals surface area contributed by atoms with Crippen molar-refractivity contribution in [3.05, 3.63) is 45.7 Å². The lowest BCUT2D eigenvalue weighted by atomic mass is 10.1. The Labute approximate surface area is 104 Å². The lowest BCUT2D eigenvalue weighted by Crippen LogP contribution is -1.92. The molecule has 0 spiro atoms. The van der Waals surface area contributed by atoms with Crippen molar-refractivity contribution in [1.29, 1.82) is 0 Å². The lowest BCUT2D eigenvalue weighted by molar-refractivity contribution is 1.11. The van der Waals surface area contributed by atoms with E-state index in [0.29, 0.717) is 16.5 Å². The molecule has 2 N–H and O–H groups in total. The normalized spacial score (nSPS) is 10.4. The minimum atomic E-state index is 0.647. The van der Waals surface area contributed by atoms with Gasteiger partial charge in [-0.15, -0.1) is 0 Å². The van der Waals surface area contributed by atoms with Gasteiger partial charge in [0.25, 0.3) is 0 Å². The fraction of sp³-hybridized carbons (Fsp3) is 0.182. The largest absolute Gasteiger partial charge is 0.359 e. The number of hydrogen-bond acceptors (Lipinski definition) is 2. The van der Waals surface area contributed by atoms with Gasteiger partial charge < -0.3 is 10.3 Å². The Balaban J connectivity index is 2.20. The van der Waals surface area contributed by atoms with Gasteiger partial charge in [-0.1, -0.05) is 29.3 Å². The molecule has 0 unspecified atom stereocenters. The summed E-state index contributed by atoms with van der Waals surface area (Å²) in [7, 11) is 1.82. The summed E-state index contributed by atoms with van der Waals surface area (Å²) in [5.41, 5.74) is 2.03. The van der Waals surface area contributed by atoms with E-state index in [1.807, 2.05) is 19.2 Å². The molecular formula is C11H11Cl2N3. The molecule has 0 atom stereocenters. The van der Waals surface area contributed by atoms with E-state index in [9.17, 15) is 0 Å². The van der Waals surface area contributed by atoms with Crippen LogP contribution >= 0.6 is 23.2 Å². The first kappa shape index (κ1) is 11.3. The standard InChI is InChI=1S/C11H11Cl2N3/c1-14-11-15-6-9(16-11)4-7-2-3-8(12)5-10(7)13/h2-3,5-6H,4H2,1H3,(H2,14,15,16). The summed E-state index contributed by atoms with van der Waals surface area (Å²) in [5, 5.41) is 4.26. The van der Waals surface area contributed by atoms with Gasteiger partial charge in [-0.2, -0.15) is 0 Å². The highest BCUT2D eigenvalue weighted by Crippen LogP contribution is 2.23. The van der Waals surface area contributed by atoms with Crippen LogP contribution in [-0.4, -0.2) is 17.0 Å². The molecule has 5 heteroatoms. The summed E-state index contributed by atoms with van der Waals surface area (Å²) in [4.78, 5) is 7.28. The van der Waals surface area contributed by atoms with Crippen LogP contribution in [0.1, 0.15) is 11.3 Å². The van der Waals surface area contributed by atoms with E-state index in [4.69, 9.17) is 23.2 Å². The van der Waals surface area contributed by atoms with Crippen LogP contribution in [0.4, 0.5) is 5.95 Å². The average molecular weight is 256 g/mol. The van der Waals surface area contributed by atoms with Crippen LogP contribution in [0.5, 0.6) is 0 Å². The van der Waals surface area contributed by atoms with Crippen molar-refractivity contribution in [2.45, 2.75) is 6.42 Å². The molecule has 84 valence electrons. The maximum atomic E-state index is 6.09. The highest BCUT2D eigenvalue weighted by Gasteiger charge is 2.04. The Bertz CT molecular complexity index is 494. The first-order valence-corrected chi connectivity index (χ1v) is 5.60. The molecule has 0 fully saturated rings. The second-order valence-electron chi connectivity index (χ2n) is 3.42. The number of aromatic amines is 1. The molecule has 2 aromatic rings. The molecule has 0 aliphatic rings. The molecule has 3 nitrogen and oxygen atoms in total.